The van der Waals surface area contributed by atoms with E-state index in [9.17, 15) is 0 Å². The maximum absolute atomic E-state index is 4.40. The molecule has 0 amide bonds. The quantitative estimate of drug-likeness (QED) is 0.558. The summed E-state index contributed by atoms with van der Waals surface area (Å²) in [6, 6.07) is 0. The van der Waals surface area contributed by atoms with Crippen LogP contribution >= 0.6 is 0 Å². The first kappa shape index (κ1) is 6.77. The van der Waals surface area contributed by atoms with Crippen LogP contribution < -0.4 is 0 Å². The van der Waals surface area contributed by atoms with Crippen molar-refractivity contribution in [2.75, 3.05) is 0 Å². The molecule has 2 nitrogen and oxygen atoms in total. The number of hydrogen-bond donors (Lipinski definition) is 0. The highest BCUT2D eigenvalue weighted by atomic mass is 14.9. The van der Waals surface area contributed by atoms with E-state index in [1.165, 1.54) is 29.8 Å². The van der Waals surface area contributed by atoms with Gasteiger partial charge in [0.15, 0.2) is 0 Å². The molecule has 0 unspecified atom stereocenters. The molecule has 0 bridgehead atoms. The van der Waals surface area contributed by atoms with Crippen molar-refractivity contribution >= 4 is 0 Å². The highest BCUT2D eigenvalue weighted by Gasteiger charge is 2.15. The van der Waals surface area contributed by atoms with Crippen LogP contribution in [0.1, 0.15) is 29.2 Å². The molecule has 0 aliphatic heterocycles. The second kappa shape index (κ2) is 2.29. The number of aryl methyl sites for hydroxylation is 3. The molecule has 2 heteroatoms. The van der Waals surface area contributed by atoms with Crippen LogP contribution in [0.2, 0.25) is 0 Å². The lowest BCUT2D eigenvalue weighted by Crippen LogP contribution is -1.98. The van der Waals surface area contributed by atoms with E-state index >= 15 is 0 Å². The Hall–Kier alpha value is -0.920. The fraction of sp³-hybridized carbons (Fsp3) is 0.556. The van der Waals surface area contributed by atoms with Crippen molar-refractivity contribution in [3.05, 3.63) is 22.8 Å². The summed E-state index contributed by atoms with van der Waals surface area (Å²) in [5.74, 6) is 0.920. The lowest BCUT2D eigenvalue weighted by molar-refractivity contribution is 0.895. The van der Waals surface area contributed by atoms with Gasteiger partial charge < -0.3 is 0 Å². The van der Waals surface area contributed by atoms with E-state index in [-0.39, 0.29) is 0 Å². The molecule has 0 spiro atoms. The second-order valence-corrected chi connectivity index (χ2v) is 3.14. The fourth-order valence-electron chi connectivity index (χ4n) is 1.77. The van der Waals surface area contributed by atoms with Crippen LogP contribution in [0.3, 0.4) is 0 Å². The SMILES string of the molecule is Cc1nc(C)c2c(n1)CCC2. The molecule has 1 aromatic heterocycles. The van der Waals surface area contributed by atoms with Gasteiger partial charge in [-0.05, 0) is 38.7 Å². The Bertz CT molecular complexity index is 292. The number of aromatic nitrogens is 2. The van der Waals surface area contributed by atoms with Crippen molar-refractivity contribution in [1.29, 1.82) is 0 Å². The van der Waals surface area contributed by atoms with Crippen LogP contribution in [-0.4, -0.2) is 9.97 Å². The van der Waals surface area contributed by atoms with Crippen molar-refractivity contribution in [1.82, 2.24) is 9.97 Å². The molecule has 0 fully saturated rings. The normalized spacial score (nSPS) is 15.1. The van der Waals surface area contributed by atoms with Crippen molar-refractivity contribution in [2.24, 2.45) is 0 Å². The molecule has 1 aromatic rings. The Balaban J connectivity index is 2.60. The van der Waals surface area contributed by atoms with Gasteiger partial charge in [0, 0.05) is 11.4 Å². The first-order chi connectivity index (χ1) is 5.27. The zero-order chi connectivity index (χ0) is 7.84. The summed E-state index contributed by atoms with van der Waals surface area (Å²) in [4.78, 5) is 8.74. The lowest BCUT2D eigenvalue weighted by Gasteiger charge is -2.02. The van der Waals surface area contributed by atoms with E-state index in [1.54, 1.807) is 0 Å². The van der Waals surface area contributed by atoms with Gasteiger partial charge >= 0.3 is 0 Å². The van der Waals surface area contributed by atoms with Gasteiger partial charge in [-0.1, -0.05) is 0 Å². The van der Waals surface area contributed by atoms with Crippen molar-refractivity contribution in [3.63, 3.8) is 0 Å². The Morgan fingerprint density at radius 3 is 2.73 bits per heavy atom. The van der Waals surface area contributed by atoms with Crippen LogP contribution in [0.4, 0.5) is 0 Å². The Morgan fingerprint density at radius 1 is 1.09 bits per heavy atom. The Kier molecular flexibility index (Phi) is 1.41. The van der Waals surface area contributed by atoms with Crippen LogP contribution in [0.25, 0.3) is 0 Å². The highest BCUT2D eigenvalue weighted by molar-refractivity contribution is 5.28. The third-order valence-electron chi connectivity index (χ3n) is 2.25. The molecule has 0 saturated heterocycles. The predicted molar refractivity (Wildman–Crippen MR) is 43.5 cm³/mol. The molecule has 0 radical (unpaired) electrons. The van der Waals surface area contributed by atoms with Gasteiger partial charge in [0.05, 0.1) is 0 Å². The highest BCUT2D eigenvalue weighted by Crippen LogP contribution is 2.21. The van der Waals surface area contributed by atoms with Crippen LogP contribution in [-0.2, 0) is 12.8 Å². The predicted octanol–water partition coefficient (Wildman–Crippen LogP) is 1.58. The molecular weight excluding hydrogens is 136 g/mol. The lowest BCUT2D eigenvalue weighted by atomic mass is 10.2. The summed E-state index contributed by atoms with van der Waals surface area (Å²) in [5.41, 5.74) is 3.87. The Morgan fingerprint density at radius 2 is 1.91 bits per heavy atom. The minimum atomic E-state index is 0.920. The Labute approximate surface area is 66.7 Å². The van der Waals surface area contributed by atoms with Gasteiger partial charge in [-0.25, -0.2) is 9.97 Å². The first-order valence-corrected chi connectivity index (χ1v) is 4.10. The van der Waals surface area contributed by atoms with Gasteiger partial charge in [0.25, 0.3) is 0 Å². The molecule has 11 heavy (non-hydrogen) atoms. The summed E-state index contributed by atoms with van der Waals surface area (Å²) in [7, 11) is 0. The minimum absolute atomic E-state index is 0.920. The topological polar surface area (TPSA) is 25.8 Å². The van der Waals surface area contributed by atoms with Gasteiger partial charge in [-0.15, -0.1) is 0 Å². The molecule has 0 atom stereocenters. The van der Waals surface area contributed by atoms with Crippen molar-refractivity contribution < 1.29 is 0 Å². The summed E-state index contributed by atoms with van der Waals surface area (Å²) in [5, 5.41) is 0. The zero-order valence-corrected chi connectivity index (χ0v) is 7.02. The van der Waals surface area contributed by atoms with E-state index in [4.69, 9.17) is 0 Å². The molecule has 58 valence electrons. The second-order valence-electron chi connectivity index (χ2n) is 3.14. The van der Waals surface area contributed by atoms with Crippen LogP contribution in [0, 0.1) is 13.8 Å². The van der Waals surface area contributed by atoms with E-state index in [1.807, 2.05) is 6.92 Å². The monoisotopic (exact) mass is 148 g/mol. The minimum Gasteiger partial charge on any atom is -0.238 e. The third-order valence-corrected chi connectivity index (χ3v) is 2.25. The number of hydrogen-bond acceptors (Lipinski definition) is 2. The molecule has 1 aliphatic rings. The smallest absolute Gasteiger partial charge is 0.125 e. The van der Waals surface area contributed by atoms with Crippen molar-refractivity contribution in [3.8, 4) is 0 Å². The molecule has 1 heterocycles. The van der Waals surface area contributed by atoms with Gasteiger partial charge in [0.2, 0.25) is 0 Å². The largest absolute Gasteiger partial charge is 0.238 e. The molecule has 0 aromatic carbocycles. The van der Waals surface area contributed by atoms with E-state index < -0.39 is 0 Å². The molecule has 0 saturated carbocycles. The molecular formula is C9H12N2. The molecule has 0 N–H and O–H groups in total. The standard InChI is InChI=1S/C9H12N2/c1-6-8-4-3-5-9(8)11-7(2)10-6/h3-5H2,1-2H3. The maximum Gasteiger partial charge on any atom is 0.125 e. The number of fused-ring (bicyclic) bond motifs is 1. The number of rotatable bonds is 0. The number of nitrogens with zero attached hydrogens (tertiary/aromatic N) is 2. The summed E-state index contributed by atoms with van der Waals surface area (Å²) < 4.78 is 0. The average Bonchev–Trinajstić information content (AvgIpc) is 2.34. The van der Waals surface area contributed by atoms with Gasteiger partial charge in [-0.3, -0.25) is 0 Å². The summed E-state index contributed by atoms with van der Waals surface area (Å²) >= 11 is 0. The van der Waals surface area contributed by atoms with E-state index in [0.717, 1.165) is 12.2 Å². The van der Waals surface area contributed by atoms with E-state index in [0.29, 0.717) is 0 Å². The third kappa shape index (κ3) is 1.02. The van der Waals surface area contributed by atoms with Crippen LogP contribution in [0.5, 0.6) is 0 Å². The van der Waals surface area contributed by atoms with Gasteiger partial charge in [-0.2, -0.15) is 0 Å². The summed E-state index contributed by atoms with van der Waals surface area (Å²) in [6.07, 6.45) is 3.59. The van der Waals surface area contributed by atoms with E-state index in [2.05, 4.69) is 16.9 Å². The van der Waals surface area contributed by atoms with Crippen molar-refractivity contribution in [2.45, 2.75) is 33.1 Å². The first-order valence-electron chi connectivity index (χ1n) is 4.10. The molecule has 1 aliphatic carbocycles. The molecule has 2 rings (SSSR count). The fourth-order valence-corrected chi connectivity index (χ4v) is 1.77. The van der Waals surface area contributed by atoms with Gasteiger partial charge in [0.1, 0.15) is 5.82 Å². The average molecular weight is 148 g/mol. The van der Waals surface area contributed by atoms with Crippen LogP contribution in [0.15, 0.2) is 0 Å². The zero-order valence-electron chi connectivity index (χ0n) is 7.02. The maximum atomic E-state index is 4.40. The summed E-state index contributed by atoms with van der Waals surface area (Å²) in [6.45, 7) is 4.05.